The molecule has 0 fully saturated rings. The minimum absolute atomic E-state index is 0.101. The lowest BCUT2D eigenvalue weighted by Crippen LogP contribution is -2.61. The van der Waals surface area contributed by atoms with Crippen molar-refractivity contribution in [3.63, 3.8) is 0 Å². The van der Waals surface area contributed by atoms with Crippen LogP contribution in [0.3, 0.4) is 0 Å². The molecule has 0 saturated heterocycles. The molecule has 0 N–H and O–H groups in total. The minimum Gasteiger partial charge on any atom is -0.311 e. The van der Waals surface area contributed by atoms with Crippen LogP contribution >= 0.6 is 0 Å². The molecule has 0 atom stereocenters. The maximum Gasteiger partial charge on any atom is 0.252 e. The summed E-state index contributed by atoms with van der Waals surface area (Å²) in [7, 11) is 0. The lowest BCUT2D eigenvalue weighted by molar-refractivity contribution is 0.568. The van der Waals surface area contributed by atoms with Crippen molar-refractivity contribution in [3.05, 3.63) is 342 Å². The van der Waals surface area contributed by atoms with Gasteiger partial charge in [-0.05, 0) is 217 Å². The molecule has 18 rings (SSSR count). The van der Waals surface area contributed by atoms with E-state index in [-0.39, 0.29) is 44.6 Å². The number of aromatic nitrogens is 4. The quantitative estimate of drug-likeness (QED) is 0.121. The van der Waals surface area contributed by atoms with Gasteiger partial charge < -0.3 is 14.4 Å². The molecule has 0 radical (unpaired) electrons. The molecule has 7 heteroatoms. The van der Waals surface area contributed by atoms with Crippen LogP contribution in [-0.4, -0.2) is 26.2 Å². The molecule has 0 spiro atoms. The topological polar surface area (TPSA) is 50.1 Å². The summed E-state index contributed by atoms with van der Waals surface area (Å²) in [5.74, 6) is 1.74. The molecule has 16 aromatic rings. The number of anilines is 6. The highest BCUT2D eigenvalue weighted by Gasteiger charge is 2.46. The SMILES string of the molecule is CC(C)(C)c1cc(-c2ccc3c(c2)N(c2ccc(-c4ccccc4)cc2-c2ccccc2)c2cc(-c4cc(C(C)(C)C)cc(C(C)(C)C)c4)cc4c2B3c2ccc(-n3c5ccc(C(C)(C)C)cc5c5cc(C(C)(C)C)ccc53)cc2N4c2c(-c3ccccc3)cc(C(C)(C)C)cc2-c2nc(-c3ccccc3)nc(-c3ccccc3)n2)cc(C(C)(C)C)c1. The summed E-state index contributed by atoms with van der Waals surface area (Å²) in [6, 6.07) is 116. The van der Waals surface area contributed by atoms with Gasteiger partial charge in [0.2, 0.25) is 0 Å². The Hall–Kier alpha value is -12.4. The van der Waals surface area contributed by atoms with Gasteiger partial charge in [-0.25, -0.2) is 15.0 Å². The molecule has 6 nitrogen and oxygen atoms in total. The first kappa shape index (κ1) is 80.6. The van der Waals surface area contributed by atoms with E-state index < -0.39 is 0 Å². The van der Waals surface area contributed by atoms with Crippen LogP contribution in [0.4, 0.5) is 34.1 Å². The minimum atomic E-state index is -0.359. The number of hydrogen-bond acceptors (Lipinski definition) is 5. The van der Waals surface area contributed by atoms with Gasteiger partial charge in [0.15, 0.2) is 17.5 Å². The van der Waals surface area contributed by atoms with Crippen LogP contribution < -0.4 is 26.2 Å². The number of benzene rings is 14. The van der Waals surface area contributed by atoms with Crippen LogP contribution in [0.5, 0.6) is 0 Å². The van der Waals surface area contributed by atoms with Crippen LogP contribution in [0.2, 0.25) is 0 Å². The second kappa shape index (κ2) is 29.7. The zero-order valence-electron chi connectivity index (χ0n) is 75.1. The fraction of sp³-hybridized carbons (Fsp3) is 0.243. The molecule has 4 heterocycles. The molecule has 14 aromatic carbocycles. The highest BCUT2D eigenvalue weighted by Crippen LogP contribution is 2.55. The number of rotatable bonds is 11. The van der Waals surface area contributed by atoms with E-state index in [1.165, 1.54) is 66.1 Å². The van der Waals surface area contributed by atoms with Gasteiger partial charge in [0, 0.05) is 67.0 Å². The average Bonchev–Trinajstić information content (AvgIpc) is 0.746. The molecule has 0 aliphatic carbocycles. The van der Waals surface area contributed by atoms with E-state index >= 15 is 0 Å². The number of hydrogen-bond donors (Lipinski definition) is 0. The normalized spacial score (nSPS) is 13.2. The average molecular weight is 1590 g/mol. The van der Waals surface area contributed by atoms with Crippen LogP contribution in [0, 0.1) is 0 Å². The standard InChI is InChI=1S/C115H113BN6/c1-109(2,3)82-49-55-98-92(67-82)93-68-83(110(4,5)6)50-56-99(93)120(98)89-51-53-96-101(71-89)122(105-91(74-41-31-24-32-42-74)69-88(115(19,20)21)70-94(105)108-118-106(75-43-33-25-34-44-75)117-107(119-108)76-45-35-26-36-46-76)103-64-81(80-59-86(113(13,14)15)66-87(60-80)114(16,17)18)63-102-104(103)116(96)95-52-47-78(79-57-84(111(7,8)9)65-85(58-79)112(10,11)12)62-100(95)121(102)97-54-48-77(72-37-27-22-28-38-72)61-90(97)73-39-29-23-30-40-73/h22-71H,1-21H3. The Morgan fingerprint density at radius 3 is 1.03 bits per heavy atom. The summed E-state index contributed by atoms with van der Waals surface area (Å²) in [5, 5.41) is 2.46. The first-order chi connectivity index (χ1) is 57.9. The fourth-order valence-corrected chi connectivity index (χ4v) is 18.2. The molecule has 0 bridgehead atoms. The zero-order chi connectivity index (χ0) is 85.6. The Morgan fingerprint density at radius 2 is 0.574 bits per heavy atom. The second-order valence-corrected chi connectivity index (χ2v) is 41.5. The summed E-state index contributed by atoms with van der Waals surface area (Å²) < 4.78 is 2.56. The Labute approximate surface area is 724 Å². The summed E-state index contributed by atoms with van der Waals surface area (Å²) in [4.78, 5) is 22.5. The van der Waals surface area contributed by atoms with Crippen LogP contribution in [0.25, 0.3) is 117 Å². The van der Waals surface area contributed by atoms with Gasteiger partial charge in [-0.2, -0.15) is 0 Å². The van der Waals surface area contributed by atoms with Crippen molar-refractivity contribution in [2.75, 3.05) is 9.80 Å². The molecule has 2 aliphatic rings. The second-order valence-electron chi connectivity index (χ2n) is 41.5. The predicted octanol–water partition coefficient (Wildman–Crippen LogP) is 29.5. The summed E-state index contributed by atoms with van der Waals surface area (Å²) in [6.45, 7) is 49.0. The monoisotopic (exact) mass is 1590 g/mol. The van der Waals surface area contributed by atoms with Gasteiger partial charge in [0.1, 0.15) is 0 Å². The van der Waals surface area contributed by atoms with Crippen LogP contribution in [0.15, 0.2) is 303 Å². The van der Waals surface area contributed by atoms with E-state index in [2.05, 4.69) is 463 Å². The largest absolute Gasteiger partial charge is 0.311 e. The predicted molar refractivity (Wildman–Crippen MR) is 523 cm³/mol. The van der Waals surface area contributed by atoms with Gasteiger partial charge in [-0.3, -0.25) is 0 Å². The summed E-state index contributed by atoms with van der Waals surface area (Å²) in [6.07, 6.45) is 0. The number of fused-ring (bicyclic) bond motifs is 7. The number of nitrogens with zero attached hydrogens (tertiary/aromatic N) is 6. The van der Waals surface area contributed by atoms with E-state index in [4.69, 9.17) is 15.0 Å². The van der Waals surface area contributed by atoms with Crippen molar-refractivity contribution < 1.29 is 0 Å². The van der Waals surface area contributed by atoms with Crippen molar-refractivity contribution in [1.29, 1.82) is 0 Å². The maximum absolute atomic E-state index is 5.85. The summed E-state index contributed by atoms with van der Waals surface area (Å²) >= 11 is 0. The molecular formula is C115H113BN6. The van der Waals surface area contributed by atoms with Crippen molar-refractivity contribution >= 4 is 79.0 Å². The van der Waals surface area contributed by atoms with Gasteiger partial charge in [-0.15, -0.1) is 0 Å². The van der Waals surface area contributed by atoms with E-state index in [0.29, 0.717) is 17.5 Å². The first-order valence-electron chi connectivity index (χ1n) is 43.7. The molecule has 606 valence electrons. The smallest absolute Gasteiger partial charge is 0.252 e. The Kier molecular flexibility index (Phi) is 19.6. The molecule has 2 aliphatic heterocycles. The molecule has 0 amide bonds. The van der Waals surface area contributed by atoms with Crippen molar-refractivity contribution in [2.45, 2.75) is 183 Å². The first-order valence-corrected chi connectivity index (χ1v) is 43.7. The maximum atomic E-state index is 5.85. The van der Waals surface area contributed by atoms with Gasteiger partial charge in [0.05, 0.1) is 22.4 Å². The van der Waals surface area contributed by atoms with E-state index in [9.17, 15) is 0 Å². The highest BCUT2D eigenvalue weighted by atomic mass is 15.2. The van der Waals surface area contributed by atoms with Crippen LogP contribution in [0.1, 0.15) is 184 Å². The Balaban J connectivity index is 1.06. The van der Waals surface area contributed by atoms with E-state index in [1.54, 1.807) is 0 Å². The van der Waals surface area contributed by atoms with Crippen molar-refractivity contribution in [2.24, 2.45) is 0 Å². The van der Waals surface area contributed by atoms with E-state index in [0.717, 1.165) is 123 Å². The lowest BCUT2D eigenvalue weighted by Gasteiger charge is -2.46. The summed E-state index contributed by atoms with van der Waals surface area (Å²) in [5.41, 5.74) is 34.8. The lowest BCUT2D eigenvalue weighted by atomic mass is 9.33. The molecule has 122 heavy (non-hydrogen) atoms. The third-order valence-corrected chi connectivity index (χ3v) is 25.5. The van der Waals surface area contributed by atoms with Crippen molar-refractivity contribution in [1.82, 2.24) is 19.5 Å². The van der Waals surface area contributed by atoms with Gasteiger partial charge >= 0.3 is 0 Å². The fourth-order valence-electron chi connectivity index (χ4n) is 18.2. The molecule has 0 unspecified atom stereocenters. The van der Waals surface area contributed by atoms with Gasteiger partial charge in [-0.1, -0.05) is 370 Å². The molecule has 0 saturated carbocycles. The Bertz CT molecular complexity index is 6570. The zero-order valence-corrected chi connectivity index (χ0v) is 75.1. The molecule has 2 aromatic heterocycles. The Morgan fingerprint density at radius 1 is 0.221 bits per heavy atom. The molecular weight excluding hydrogens is 1480 g/mol. The van der Waals surface area contributed by atoms with Crippen molar-refractivity contribution in [3.8, 4) is 95.5 Å². The van der Waals surface area contributed by atoms with Crippen LogP contribution in [-0.2, 0) is 37.9 Å². The third kappa shape index (κ3) is 14.9. The van der Waals surface area contributed by atoms with Gasteiger partial charge in [0.25, 0.3) is 6.71 Å². The third-order valence-electron chi connectivity index (χ3n) is 25.5. The highest BCUT2D eigenvalue weighted by molar-refractivity contribution is 7.00. The van der Waals surface area contributed by atoms with E-state index in [1.807, 2.05) is 0 Å².